The summed E-state index contributed by atoms with van der Waals surface area (Å²) in [4.78, 5) is 24.6. The van der Waals surface area contributed by atoms with E-state index in [9.17, 15) is 9.18 Å². The minimum Gasteiger partial charge on any atom is -0.350 e. The first-order valence-electron chi connectivity index (χ1n) is 12.2. The monoisotopic (exact) mass is 462 g/mol. The van der Waals surface area contributed by atoms with Crippen LogP contribution < -0.4 is 5.32 Å². The molecule has 0 atom stereocenters. The molecular weight excluding hydrogens is 431 g/mol. The lowest BCUT2D eigenvalue weighted by atomic mass is 9.92. The molecule has 3 aromatic rings. The zero-order chi connectivity index (χ0) is 23.5. The van der Waals surface area contributed by atoms with Crippen LogP contribution in [-0.4, -0.2) is 55.7 Å². The zero-order valence-corrected chi connectivity index (χ0v) is 19.6. The van der Waals surface area contributed by atoms with Crippen LogP contribution in [0.1, 0.15) is 61.0 Å². The molecule has 1 aliphatic carbocycles. The predicted molar refractivity (Wildman–Crippen MR) is 128 cm³/mol. The summed E-state index contributed by atoms with van der Waals surface area (Å²) >= 11 is 0. The standard InChI is InChI=1S/C26H31FN6O/c1-19-21(24(34)29-18-26(12-5-6-13-26)32-15-7-2-8-16-32)17-30-33(19)25-28-14-11-23(31-25)20-9-3-4-10-22(20)27/h3-4,9-11,14,17H,2,5-8,12-13,15-16,18H2,1H3,(H,29,34). The summed E-state index contributed by atoms with van der Waals surface area (Å²) in [5.41, 5.74) is 2.10. The largest absolute Gasteiger partial charge is 0.350 e. The molecule has 5 rings (SSSR count). The van der Waals surface area contributed by atoms with Gasteiger partial charge in [-0.2, -0.15) is 5.10 Å². The molecule has 8 heteroatoms. The van der Waals surface area contributed by atoms with Gasteiger partial charge < -0.3 is 5.32 Å². The van der Waals surface area contributed by atoms with E-state index in [1.165, 1.54) is 42.9 Å². The number of hydrogen-bond donors (Lipinski definition) is 1. The van der Waals surface area contributed by atoms with E-state index in [2.05, 4.69) is 25.3 Å². The Labute approximate surface area is 199 Å². The molecule has 2 aromatic heterocycles. The van der Waals surface area contributed by atoms with Crippen molar-refractivity contribution in [1.82, 2.24) is 30.0 Å². The molecule has 0 radical (unpaired) electrons. The Morgan fingerprint density at radius 1 is 1.09 bits per heavy atom. The molecule has 1 N–H and O–H groups in total. The number of rotatable bonds is 6. The average molecular weight is 463 g/mol. The van der Waals surface area contributed by atoms with Gasteiger partial charge in [0.25, 0.3) is 11.9 Å². The van der Waals surface area contributed by atoms with Crippen molar-refractivity contribution in [3.63, 3.8) is 0 Å². The van der Waals surface area contributed by atoms with Crippen LogP contribution in [-0.2, 0) is 0 Å². The molecule has 0 spiro atoms. The summed E-state index contributed by atoms with van der Waals surface area (Å²) in [6.45, 7) is 4.75. The molecule has 34 heavy (non-hydrogen) atoms. The second-order valence-electron chi connectivity index (χ2n) is 9.44. The number of halogens is 1. The molecule has 7 nitrogen and oxygen atoms in total. The summed E-state index contributed by atoms with van der Waals surface area (Å²) in [5.74, 6) is -0.172. The number of carbonyl (C=O) groups excluding carboxylic acids is 1. The SMILES string of the molecule is Cc1c(C(=O)NCC2(N3CCCCC3)CCCC2)cnn1-c1nccc(-c2ccccc2F)n1. The molecular formula is C26H31FN6O. The van der Waals surface area contributed by atoms with Gasteiger partial charge in [0.15, 0.2) is 0 Å². The van der Waals surface area contributed by atoms with E-state index in [0.717, 1.165) is 25.9 Å². The minimum absolute atomic E-state index is 0.0805. The highest BCUT2D eigenvalue weighted by Gasteiger charge is 2.40. The van der Waals surface area contributed by atoms with E-state index >= 15 is 0 Å². The Kier molecular flexibility index (Phi) is 6.41. The van der Waals surface area contributed by atoms with Gasteiger partial charge in [0.1, 0.15) is 5.82 Å². The summed E-state index contributed by atoms with van der Waals surface area (Å²) in [5, 5.41) is 7.58. The van der Waals surface area contributed by atoms with Crippen LogP contribution in [0.25, 0.3) is 17.2 Å². The van der Waals surface area contributed by atoms with Crippen LogP contribution in [0.2, 0.25) is 0 Å². The zero-order valence-electron chi connectivity index (χ0n) is 19.6. The molecule has 0 unspecified atom stereocenters. The second-order valence-corrected chi connectivity index (χ2v) is 9.44. The van der Waals surface area contributed by atoms with Crippen molar-refractivity contribution >= 4 is 5.91 Å². The minimum atomic E-state index is -0.348. The number of piperidine rings is 1. The van der Waals surface area contributed by atoms with E-state index < -0.39 is 0 Å². The third-order valence-corrected chi connectivity index (χ3v) is 7.38. The Bertz CT molecular complexity index is 1160. The summed E-state index contributed by atoms with van der Waals surface area (Å²) in [6.07, 6.45) is 11.7. The van der Waals surface area contributed by atoms with Gasteiger partial charge in [0, 0.05) is 23.8 Å². The number of nitrogens with zero attached hydrogens (tertiary/aromatic N) is 5. The van der Waals surface area contributed by atoms with E-state index in [1.807, 2.05) is 6.92 Å². The molecule has 0 bridgehead atoms. The smallest absolute Gasteiger partial charge is 0.254 e. The molecule has 2 aliphatic rings. The third kappa shape index (κ3) is 4.34. The lowest BCUT2D eigenvalue weighted by molar-refractivity contribution is 0.0642. The number of hydrogen-bond acceptors (Lipinski definition) is 5. The number of benzene rings is 1. The summed E-state index contributed by atoms with van der Waals surface area (Å²) in [7, 11) is 0. The number of carbonyl (C=O) groups is 1. The van der Waals surface area contributed by atoms with Crippen molar-refractivity contribution in [2.45, 2.75) is 57.4 Å². The van der Waals surface area contributed by atoms with Gasteiger partial charge in [-0.3, -0.25) is 9.69 Å². The summed E-state index contributed by atoms with van der Waals surface area (Å²) < 4.78 is 15.8. The fraction of sp³-hybridized carbons (Fsp3) is 0.462. The molecule has 1 saturated heterocycles. The topological polar surface area (TPSA) is 75.9 Å². The van der Waals surface area contributed by atoms with E-state index in [1.54, 1.807) is 36.7 Å². The lowest BCUT2D eigenvalue weighted by Crippen LogP contribution is -2.55. The van der Waals surface area contributed by atoms with Crippen LogP contribution in [0.3, 0.4) is 0 Å². The molecule has 178 valence electrons. The van der Waals surface area contributed by atoms with Crippen LogP contribution in [0.4, 0.5) is 4.39 Å². The van der Waals surface area contributed by atoms with Gasteiger partial charge in [-0.15, -0.1) is 0 Å². The van der Waals surface area contributed by atoms with Crippen molar-refractivity contribution in [2.75, 3.05) is 19.6 Å². The maximum absolute atomic E-state index is 14.2. The van der Waals surface area contributed by atoms with Crippen molar-refractivity contribution < 1.29 is 9.18 Å². The van der Waals surface area contributed by atoms with Crippen molar-refractivity contribution in [2.24, 2.45) is 0 Å². The fourth-order valence-corrected chi connectivity index (χ4v) is 5.45. The normalized spacial score (nSPS) is 18.2. The second kappa shape index (κ2) is 9.62. The van der Waals surface area contributed by atoms with Gasteiger partial charge in [-0.25, -0.2) is 19.0 Å². The predicted octanol–water partition coefficient (Wildman–Crippen LogP) is 4.31. The van der Waals surface area contributed by atoms with Gasteiger partial charge in [-0.1, -0.05) is 31.4 Å². The highest BCUT2D eigenvalue weighted by molar-refractivity contribution is 5.95. The first-order chi connectivity index (χ1) is 16.6. The Morgan fingerprint density at radius 3 is 2.62 bits per heavy atom. The van der Waals surface area contributed by atoms with E-state index in [0.29, 0.717) is 35.0 Å². The van der Waals surface area contributed by atoms with E-state index in [4.69, 9.17) is 0 Å². The molecule has 2 fully saturated rings. The van der Waals surface area contributed by atoms with Gasteiger partial charge >= 0.3 is 0 Å². The van der Waals surface area contributed by atoms with Crippen LogP contribution in [0, 0.1) is 12.7 Å². The van der Waals surface area contributed by atoms with Gasteiger partial charge in [0.2, 0.25) is 0 Å². The average Bonchev–Trinajstić information content (AvgIpc) is 3.51. The summed E-state index contributed by atoms with van der Waals surface area (Å²) in [6, 6.07) is 8.15. The van der Waals surface area contributed by atoms with Crippen molar-refractivity contribution in [3.8, 4) is 17.2 Å². The highest BCUT2D eigenvalue weighted by Crippen LogP contribution is 2.36. The number of amides is 1. The molecule has 1 aliphatic heterocycles. The lowest BCUT2D eigenvalue weighted by Gasteiger charge is -2.43. The molecule has 1 saturated carbocycles. The Hall–Kier alpha value is -3.13. The fourth-order valence-electron chi connectivity index (χ4n) is 5.45. The van der Waals surface area contributed by atoms with Crippen LogP contribution in [0.15, 0.2) is 42.7 Å². The highest BCUT2D eigenvalue weighted by atomic mass is 19.1. The van der Waals surface area contributed by atoms with Crippen LogP contribution in [0.5, 0.6) is 0 Å². The number of aromatic nitrogens is 4. The quantitative estimate of drug-likeness (QED) is 0.591. The van der Waals surface area contributed by atoms with Crippen molar-refractivity contribution in [1.29, 1.82) is 0 Å². The Morgan fingerprint density at radius 2 is 1.85 bits per heavy atom. The Balaban J connectivity index is 1.34. The third-order valence-electron chi connectivity index (χ3n) is 7.38. The van der Waals surface area contributed by atoms with E-state index in [-0.39, 0.29) is 17.3 Å². The van der Waals surface area contributed by atoms with Crippen LogP contribution >= 0.6 is 0 Å². The maximum Gasteiger partial charge on any atom is 0.254 e. The maximum atomic E-state index is 14.2. The molecule has 3 heterocycles. The number of nitrogens with one attached hydrogen (secondary N) is 1. The van der Waals surface area contributed by atoms with Crippen molar-refractivity contribution in [3.05, 3.63) is 59.8 Å². The first-order valence-corrected chi connectivity index (χ1v) is 12.2. The molecule has 1 amide bonds. The molecule has 1 aromatic carbocycles. The number of likely N-dealkylation sites (tertiary alicyclic amines) is 1. The van der Waals surface area contributed by atoms with Gasteiger partial charge in [-0.05, 0) is 63.9 Å². The first kappa shape index (κ1) is 22.7. The van der Waals surface area contributed by atoms with Gasteiger partial charge in [0.05, 0.1) is 23.1 Å².